The summed E-state index contributed by atoms with van der Waals surface area (Å²) in [5, 5.41) is 0. The summed E-state index contributed by atoms with van der Waals surface area (Å²) in [6, 6.07) is 0.670. The molecule has 0 aromatic carbocycles. The Kier molecular flexibility index (Phi) is 10.1. The second-order valence-electron chi connectivity index (χ2n) is 4.39. The Morgan fingerprint density at radius 1 is 1.11 bits per heavy atom. The topological polar surface area (TPSA) is 54.0 Å². The van der Waals surface area contributed by atoms with Crippen LogP contribution in [0.2, 0.25) is 6.04 Å². The van der Waals surface area contributed by atoms with E-state index in [0.717, 1.165) is 0 Å². The van der Waals surface area contributed by atoms with Crippen LogP contribution in [0.25, 0.3) is 0 Å². The largest absolute Gasteiger partial charge is 0.501 e. The van der Waals surface area contributed by atoms with Crippen molar-refractivity contribution in [2.45, 2.75) is 59.6 Å². The molecule has 19 heavy (non-hydrogen) atoms. The highest BCUT2D eigenvalue weighted by Crippen LogP contribution is 2.20. The Labute approximate surface area is 117 Å². The summed E-state index contributed by atoms with van der Waals surface area (Å²) in [5.74, 6) is -0.176. The monoisotopic (exact) mass is 292 g/mol. The summed E-state index contributed by atoms with van der Waals surface area (Å²) in [6.07, 6.45) is 1.16. The lowest BCUT2D eigenvalue weighted by Gasteiger charge is -2.30. The van der Waals surface area contributed by atoms with Crippen molar-refractivity contribution in [3.05, 3.63) is 0 Å². The molecule has 0 spiro atoms. The maximum atomic E-state index is 11.1. The van der Waals surface area contributed by atoms with Crippen molar-refractivity contribution in [2.75, 3.05) is 19.8 Å². The smallest absolute Gasteiger partial charge is 0.466 e. The number of rotatable bonds is 11. The summed E-state index contributed by atoms with van der Waals surface area (Å²) in [4.78, 5) is 11.1. The van der Waals surface area contributed by atoms with Gasteiger partial charge in [0.1, 0.15) is 0 Å². The highest BCUT2D eigenvalue weighted by Gasteiger charge is 2.41. The Balaban J connectivity index is 4.33. The predicted octanol–water partition coefficient (Wildman–Crippen LogP) is 2.77. The van der Waals surface area contributed by atoms with Crippen LogP contribution in [-0.2, 0) is 22.8 Å². The zero-order valence-corrected chi connectivity index (χ0v) is 13.9. The van der Waals surface area contributed by atoms with E-state index in [9.17, 15) is 4.79 Å². The molecule has 0 atom stereocenters. The van der Waals surface area contributed by atoms with Crippen molar-refractivity contribution < 1.29 is 22.8 Å². The zero-order chi connectivity index (χ0) is 14.7. The first-order valence-corrected chi connectivity index (χ1v) is 9.04. The number of hydrogen-bond acceptors (Lipinski definition) is 5. The molecular weight excluding hydrogens is 264 g/mol. The molecule has 0 aliphatic heterocycles. The van der Waals surface area contributed by atoms with E-state index in [1.54, 1.807) is 6.92 Å². The lowest BCUT2D eigenvalue weighted by Crippen LogP contribution is -2.47. The first-order valence-electron chi connectivity index (χ1n) is 7.11. The second kappa shape index (κ2) is 10.4. The van der Waals surface area contributed by atoms with E-state index >= 15 is 0 Å². The summed E-state index contributed by atoms with van der Waals surface area (Å²) in [5.41, 5.74) is 0. The molecule has 0 N–H and O–H groups in total. The van der Waals surface area contributed by atoms with Crippen LogP contribution in [0.3, 0.4) is 0 Å². The lowest BCUT2D eigenvalue weighted by atomic mass is 10.5. The van der Waals surface area contributed by atoms with Crippen molar-refractivity contribution in [2.24, 2.45) is 0 Å². The minimum atomic E-state index is -2.63. The molecular formula is C13H28O5Si. The molecule has 0 radical (unpaired) electrons. The first kappa shape index (κ1) is 18.6. The maximum absolute atomic E-state index is 11.1. The predicted molar refractivity (Wildman–Crippen MR) is 75.9 cm³/mol. The van der Waals surface area contributed by atoms with E-state index in [2.05, 4.69) is 0 Å². The van der Waals surface area contributed by atoms with Crippen LogP contribution in [0.1, 0.15) is 47.5 Å². The maximum Gasteiger partial charge on any atom is 0.501 e. The van der Waals surface area contributed by atoms with E-state index in [4.69, 9.17) is 18.0 Å². The van der Waals surface area contributed by atoms with E-state index in [1.807, 2.05) is 27.7 Å². The van der Waals surface area contributed by atoms with Crippen molar-refractivity contribution in [1.29, 1.82) is 0 Å². The number of carbonyl (C=O) groups excluding carboxylic acids is 1. The Morgan fingerprint density at radius 3 is 2.11 bits per heavy atom. The summed E-state index contributed by atoms with van der Waals surface area (Å²) < 4.78 is 22.5. The van der Waals surface area contributed by atoms with Crippen LogP contribution in [0.15, 0.2) is 0 Å². The van der Waals surface area contributed by atoms with Crippen molar-refractivity contribution in [3.63, 3.8) is 0 Å². The fourth-order valence-corrected chi connectivity index (χ4v) is 4.49. The van der Waals surface area contributed by atoms with E-state index in [-0.39, 0.29) is 12.1 Å². The van der Waals surface area contributed by atoms with Crippen LogP contribution in [0.5, 0.6) is 0 Å². The Morgan fingerprint density at radius 2 is 1.68 bits per heavy atom. The van der Waals surface area contributed by atoms with Gasteiger partial charge in [-0.05, 0) is 34.1 Å². The molecule has 0 bridgehead atoms. The van der Waals surface area contributed by atoms with Gasteiger partial charge in [0, 0.05) is 31.8 Å². The molecule has 0 saturated heterocycles. The number of ether oxygens (including phenoxy) is 1. The van der Waals surface area contributed by atoms with Crippen LogP contribution < -0.4 is 0 Å². The fourth-order valence-electron chi connectivity index (χ4n) is 1.69. The van der Waals surface area contributed by atoms with Gasteiger partial charge in [0.25, 0.3) is 0 Å². The fraction of sp³-hybridized carbons (Fsp3) is 0.923. The zero-order valence-electron chi connectivity index (χ0n) is 12.9. The van der Waals surface area contributed by atoms with Gasteiger partial charge in [0.15, 0.2) is 0 Å². The molecule has 0 aromatic heterocycles. The number of carbonyl (C=O) groups is 1. The molecule has 5 nitrogen and oxygen atoms in total. The Hall–Kier alpha value is -0.433. The highest BCUT2D eigenvalue weighted by atomic mass is 28.4. The van der Waals surface area contributed by atoms with Gasteiger partial charge in [-0.2, -0.15) is 0 Å². The van der Waals surface area contributed by atoms with Crippen LogP contribution in [-0.4, -0.2) is 40.7 Å². The first-order chi connectivity index (χ1) is 8.99. The third-order valence-electron chi connectivity index (χ3n) is 2.32. The summed E-state index contributed by atoms with van der Waals surface area (Å²) in [7, 11) is -2.63. The second-order valence-corrected chi connectivity index (χ2v) is 7.07. The van der Waals surface area contributed by atoms with Crippen LogP contribution in [0.4, 0.5) is 0 Å². The van der Waals surface area contributed by atoms with Crippen LogP contribution in [0, 0.1) is 0 Å². The quantitative estimate of drug-likeness (QED) is 0.333. The molecule has 0 aromatic rings. The van der Waals surface area contributed by atoms with Crippen molar-refractivity contribution in [1.82, 2.24) is 0 Å². The van der Waals surface area contributed by atoms with Gasteiger partial charge in [-0.1, -0.05) is 6.92 Å². The summed E-state index contributed by atoms with van der Waals surface area (Å²) in [6.45, 7) is 11.1. The molecule has 0 aliphatic carbocycles. The minimum absolute atomic E-state index is 0.0583. The van der Waals surface area contributed by atoms with E-state index in [0.29, 0.717) is 38.7 Å². The number of esters is 1. The van der Waals surface area contributed by atoms with Gasteiger partial charge >= 0.3 is 14.8 Å². The molecule has 0 aliphatic rings. The molecule has 0 rings (SSSR count). The van der Waals surface area contributed by atoms with Gasteiger partial charge in [-0.15, -0.1) is 0 Å². The average Bonchev–Trinajstić information content (AvgIpc) is 2.34. The SMILES string of the molecule is CCO[Si](CCCOC(=O)CC)(OCC)OC(C)C. The van der Waals surface area contributed by atoms with Crippen molar-refractivity contribution >= 4 is 14.8 Å². The van der Waals surface area contributed by atoms with Crippen molar-refractivity contribution in [3.8, 4) is 0 Å². The van der Waals surface area contributed by atoms with Gasteiger partial charge in [0.2, 0.25) is 0 Å². The molecule has 0 saturated carbocycles. The standard InChI is InChI=1S/C13H28O5Si/c1-6-13(14)15-10-9-11-19(16-7-2,17-8-3)18-12(4)5/h12H,6-11H2,1-5H3. The Bertz CT molecular complexity index is 239. The lowest BCUT2D eigenvalue weighted by molar-refractivity contribution is -0.143. The normalized spacial score (nSPS) is 11.9. The molecule has 0 heterocycles. The third-order valence-corrected chi connectivity index (χ3v) is 5.58. The van der Waals surface area contributed by atoms with Gasteiger partial charge in [0.05, 0.1) is 6.61 Å². The molecule has 0 unspecified atom stereocenters. The van der Waals surface area contributed by atoms with Gasteiger partial charge in [-0.25, -0.2) is 0 Å². The molecule has 6 heteroatoms. The molecule has 0 amide bonds. The number of hydrogen-bond donors (Lipinski definition) is 0. The van der Waals surface area contributed by atoms with E-state index < -0.39 is 8.80 Å². The van der Waals surface area contributed by atoms with Gasteiger partial charge in [-0.3, -0.25) is 4.79 Å². The third kappa shape index (κ3) is 8.36. The van der Waals surface area contributed by atoms with Gasteiger partial charge < -0.3 is 18.0 Å². The minimum Gasteiger partial charge on any atom is -0.466 e. The summed E-state index contributed by atoms with van der Waals surface area (Å²) >= 11 is 0. The molecule has 114 valence electrons. The van der Waals surface area contributed by atoms with Crippen LogP contribution >= 0.6 is 0 Å². The average molecular weight is 292 g/mol. The van der Waals surface area contributed by atoms with E-state index in [1.165, 1.54) is 0 Å². The highest BCUT2D eigenvalue weighted by molar-refractivity contribution is 6.60. The molecule has 0 fully saturated rings.